The number of thioether (sulfide) groups is 1. The molecule has 0 aliphatic rings. The van der Waals surface area contributed by atoms with Crippen LogP contribution in [0.3, 0.4) is 0 Å². The third kappa shape index (κ3) is 5.35. The van der Waals surface area contributed by atoms with Gasteiger partial charge in [0, 0.05) is 11.1 Å². The Bertz CT molecular complexity index is 1200. The van der Waals surface area contributed by atoms with Crippen molar-refractivity contribution in [2.24, 2.45) is 0 Å². The molecule has 10 heteroatoms. The van der Waals surface area contributed by atoms with Gasteiger partial charge >= 0.3 is 0 Å². The number of aromatic nitrogens is 5. The van der Waals surface area contributed by atoms with Crippen LogP contribution in [0.4, 0.5) is 5.69 Å². The smallest absolute Gasteiger partial charge is 0.252 e. The van der Waals surface area contributed by atoms with Gasteiger partial charge in [-0.25, -0.2) is 0 Å². The van der Waals surface area contributed by atoms with Crippen LogP contribution in [0.1, 0.15) is 16.2 Å². The zero-order valence-corrected chi connectivity index (χ0v) is 17.7. The number of carbonyl (C=O) groups excluding carboxylic acids is 2. The predicted molar refractivity (Wildman–Crippen MR) is 120 cm³/mol. The zero-order valence-electron chi connectivity index (χ0n) is 16.9. The first-order chi connectivity index (χ1) is 15.7. The van der Waals surface area contributed by atoms with Gasteiger partial charge < -0.3 is 10.6 Å². The minimum absolute atomic E-state index is 0.154. The molecule has 0 atom stereocenters. The maximum absolute atomic E-state index is 12.7. The van der Waals surface area contributed by atoms with E-state index in [1.54, 1.807) is 35.1 Å². The molecule has 0 radical (unpaired) electrons. The highest BCUT2D eigenvalue weighted by Crippen LogP contribution is 2.26. The van der Waals surface area contributed by atoms with Crippen LogP contribution in [0.15, 0.2) is 84.0 Å². The fraction of sp³-hybridized carbons (Fsp3) is 0.0909. The first-order valence-electron chi connectivity index (χ1n) is 9.73. The van der Waals surface area contributed by atoms with Crippen LogP contribution < -0.4 is 10.6 Å². The molecule has 0 saturated carbocycles. The van der Waals surface area contributed by atoms with Gasteiger partial charge in [-0.2, -0.15) is 4.68 Å². The second-order valence-electron chi connectivity index (χ2n) is 6.60. The highest BCUT2D eigenvalue weighted by Gasteiger charge is 2.15. The summed E-state index contributed by atoms with van der Waals surface area (Å²) in [5.41, 5.74) is 1.91. The summed E-state index contributed by atoms with van der Waals surface area (Å²) in [7, 11) is 0. The monoisotopic (exact) mass is 445 g/mol. The van der Waals surface area contributed by atoms with Crippen molar-refractivity contribution < 1.29 is 9.59 Å². The number of hydrogen-bond acceptors (Lipinski definition) is 7. The molecule has 2 aromatic carbocycles. The molecule has 2 N–H and O–H groups in total. The van der Waals surface area contributed by atoms with Crippen molar-refractivity contribution in [2.45, 2.75) is 10.6 Å². The Morgan fingerprint density at radius 2 is 1.78 bits per heavy atom. The van der Waals surface area contributed by atoms with Gasteiger partial charge in [-0.05, 0) is 46.8 Å². The molecule has 32 heavy (non-hydrogen) atoms. The first kappa shape index (κ1) is 21.2. The number of hydrogen-bond donors (Lipinski definition) is 2. The third-order valence-electron chi connectivity index (χ3n) is 4.38. The number of nitrogens with zero attached hydrogens (tertiary/aromatic N) is 5. The van der Waals surface area contributed by atoms with E-state index in [0.717, 1.165) is 10.6 Å². The summed E-state index contributed by atoms with van der Waals surface area (Å²) in [6.45, 7) is -0.154. The van der Waals surface area contributed by atoms with E-state index >= 15 is 0 Å². The molecule has 2 aromatic heterocycles. The Hall–Kier alpha value is -4.05. The molecular weight excluding hydrogens is 426 g/mol. The number of tetrazole rings is 1. The minimum Gasteiger partial charge on any atom is -0.343 e. The molecular formula is C22H19N7O2S. The lowest BCUT2D eigenvalue weighted by Crippen LogP contribution is -2.33. The highest BCUT2D eigenvalue weighted by molar-refractivity contribution is 7.98. The van der Waals surface area contributed by atoms with E-state index in [2.05, 4.69) is 31.1 Å². The predicted octanol–water partition coefficient (Wildman–Crippen LogP) is 2.72. The van der Waals surface area contributed by atoms with Crippen LogP contribution in [0.5, 0.6) is 0 Å². The van der Waals surface area contributed by atoms with Crippen molar-refractivity contribution in [3.05, 3.63) is 90.5 Å². The minimum atomic E-state index is -0.336. The third-order valence-corrected chi connectivity index (χ3v) is 5.45. The summed E-state index contributed by atoms with van der Waals surface area (Å²) >= 11 is 1.45. The van der Waals surface area contributed by atoms with Crippen molar-refractivity contribution in [1.29, 1.82) is 0 Å². The van der Waals surface area contributed by atoms with Gasteiger partial charge in [0.05, 0.1) is 35.4 Å². The lowest BCUT2D eigenvalue weighted by molar-refractivity contribution is -0.115. The number of para-hydroxylation sites is 1. The van der Waals surface area contributed by atoms with Crippen LogP contribution >= 0.6 is 11.8 Å². The Labute approximate surface area is 188 Å². The standard InChI is InChI=1S/C22H19N7O2S/c30-21(25-16-7-6-12-23-13-16)14-24-22(31)18-10-4-5-11-19(18)32-15-20-26-27-28-29(20)17-8-2-1-3-9-17/h1-13H,14-15H2,(H,24,31)(H,25,30). The van der Waals surface area contributed by atoms with E-state index in [1.165, 1.54) is 18.0 Å². The van der Waals surface area contributed by atoms with E-state index in [-0.39, 0.29) is 18.4 Å². The van der Waals surface area contributed by atoms with Crippen LogP contribution in [0.2, 0.25) is 0 Å². The molecule has 0 bridgehead atoms. The van der Waals surface area contributed by atoms with Gasteiger partial charge in [0.2, 0.25) is 5.91 Å². The fourth-order valence-corrected chi connectivity index (χ4v) is 3.84. The van der Waals surface area contributed by atoms with Crippen molar-refractivity contribution in [2.75, 3.05) is 11.9 Å². The Morgan fingerprint density at radius 3 is 2.59 bits per heavy atom. The first-order valence-corrected chi connectivity index (χ1v) is 10.7. The van der Waals surface area contributed by atoms with Crippen LogP contribution in [-0.4, -0.2) is 43.6 Å². The summed E-state index contributed by atoms with van der Waals surface area (Å²) in [6.07, 6.45) is 3.15. The van der Waals surface area contributed by atoms with Gasteiger partial charge in [-0.1, -0.05) is 30.3 Å². The summed E-state index contributed by atoms with van der Waals surface area (Å²) in [6, 6.07) is 20.2. The van der Waals surface area contributed by atoms with Crippen molar-refractivity contribution in [3.8, 4) is 5.69 Å². The largest absolute Gasteiger partial charge is 0.343 e. The van der Waals surface area contributed by atoms with Gasteiger partial charge in [-0.15, -0.1) is 16.9 Å². The molecule has 0 saturated heterocycles. The second-order valence-corrected chi connectivity index (χ2v) is 7.62. The molecule has 0 unspecified atom stereocenters. The molecule has 4 rings (SSSR count). The van der Waals surface area contributed by atoms with Gasteiger partial charge in [0.25, 0.3) is 5.91 Å². The van der Waals surface area contributed by atoms with E-state index in [4.69, 9.17) is 0 Å². The molecule has 4 aromatic rings. The quantitative estimate of drug-likeness (QED) is 0.401. The van der Waals surface area contributed by atoms with Crippen molar-refractivity contribution in [1.82, 2.24) is 30.5 Å². The number of nitrogens with one attached hydrogen (secondary N) is 2. The maximum atomic E-state index is 12.7. The number of anilines is 1. The normalized spacial score (nSPS) is 10.5. The number of rotatable bonds is 8. The number of pyridine rings is 1. The van der Waals surface area contributed by atoms with Crippen LogP contribution in [-0.2, 0) is 10.5 Å². The van der Waals surface area contributed by atoms with Gasteiger partial charge in [0.15, 0.2) is 5.82 Å². The number of benzene rings is 2. The summed E-state index contributed by atoms with van der Waals surface area (Å²) in [5.74, 6) is 0.455. The summed E-state index contributed by atoms with van der Waals surface area (Å²) < 4.78 is 1.67. The molecule has 0 aliphatic heterocycles. The molecule has 0 aliphatic carbocycles. The van der Waals surface area contributed by atoms with E-state index in [1.807, 2.05) is 42.5 Å². The molecule has 0 fully saturated rings. The van der Waals surface area contributed by atoms with E-state index < -0.39 is 0 Å². The molecule has 0 spiro atoms. The van der Waals surface area contributed by atoms with Crippen LogP contribution in [0, 0.1) is 0 Å². The van der Waals surface area contributed by atoms with Crippen molar-refractivity contribution in [3.63, 3.8) is 0 Å². The lowest BCUT2D eigenvalue weighted by Gasteiger charge is -2.10. The Morgan fingerprint density at radius 1 is 0.969 bits per heavy atom. The highest BCUT2D eigenvalue weighted by atomic mass is 32.2. The average Bonchev–Trinajstić information content (AvgIpc) is 3.31. The molecule has 2 heterocycles. The Kier molecular flexibility index (Phi) is 6.83. The lowest BCUT2D eigenvalue weighted by atomic mass is 10.2. The van der Waals surface area contributed by atoms with E-state index in [0.29, 0.717) is 22.8 Å². The summed E-state index contributed by atoms with van der Waals surface area (Å²) in [5, 5.41) is 17.3. The van der Waals surface area contributed by atoms with Crippen LogP contribution in [0.25, 0.3) is 5.69 Å². The summed E-state index contributed by atoms with van der Waals surface area (Å²) in [4.78, 5) is 29.5. The SMILES string of the molecule is O=C(CNC(=O)c1ccccc1SCc1nnnn1-c1ccccc1)Nc1cccnc1. The number of carbonyl (C=O) groups is 2. The van der Waals surface area contributed by atoms with Gasteiger partial charge in [-0.3, -0.25) is 14.6 Å². The molecule has 2 amide bonds. The fourth-order valence-electron chi connectivity index (χ4n) is 2.89. The zero-order chi connectivity index (χ0) is 22.2. The topological polar surface area (TPSA) is 115 Å². The molecule has 9 nitrogen and oxygen atoms in total. The maximum Gasteiger partial charge on any atom is 0.252 e. The second kappa shape index (κ2) is 10.3. The average molecular weight is 446 g/mol. The molecule has 160 valence electrons. The van der Waals surface area contributed by atoms with Gasteiger partial charge in [0.1, 0.15) is 0 Å². The Balaban J connectivity index is 1.38. The van der Waals surface area contributed by atoms with E-state index in [9.17, 15) is 9.59 Å². The number of amides is 2. The van der Waals surface area contributed by atoms with Crippen molar-refractivity contribution >= 4 is 29.3 Å².